The molecule has 2 aromatic carbocycles. The summed E-state index contributed by atoms with van der Waals surface area (Å²) in [6.45, 7) is 4.36. The van der Waals surface area contributed by atoms with Gasteiger partial charge in [-0.2, -0.15) is 0 Å². The highest BCUT2D eigenvalue weighted by atomic mass is 35.5. The Balaban J connectivity index is 1.70. The first-order valence-electron chi connectivity index (χ1n) is 12.0. The molecular weight excluding hydrogens is 478 g/mol. The molecule has 190 valence electrons. The van der Waals surface area contributed by atoms with Gasteiger partial charge in [0, 0.05) is 69.2 Å². The summed E-state index contributed by atoms with van der Waals surface area (Å²) in [5.41, 5.74) is 3.90. The number of amides is 1. The van der Waals surface area contributed by atoms with Gasteiger partial charge in [-0.25, -0.2) is 0 Å². The first-order chi connectivity index (χ1) is 17.3. The van der Waals surface area contributed by atoms with Crippen LogP contribution in [0.3, 0.4) is 0 Å². The number of carbonyl (C=O) groups excluding carboxylic acids is 1. The van der Waals surface area contributed by atoms with Gasteiger partial charge >= 0.3 is 0 Å². The van der Waals surface area contributed by atoms with Gasteiger partial charge < -0.3 is 29.7 Å². The van der Waals surface area contributed by atoms with Crippen LogP contribution in [0.25, 0.3) is 22.3 Å². The molecule has 36 heavy (non-hydrogen) atoms. The van der Waals surface area contributed by atoms with Crippen LogP contribution in [0.1, 0.15) is 0 Å². The fourth-order valence-electron chi connectivity index (χ4n) is 4.43. The third-order valence-corrected chi connectivity index (χ3v) is 6.76. The van der Waals surface area contributed by atoms with Crippen LogP contribution in [0.15, 0.2) is 53.5 Å². The summed E-state index contributed by atoms with van der Waals surface area (Å²) in [7, 11) is 5.62. The van der Waals surface area contributed by atoms with E-state index in [1.54, 1.807) is 34.8 Å². The third-order valence-electron chi connectivity index (χ3n) is 6.45. The predicted octanol–water partition coefficient (Wildman–Crippen LogP) is 3.01. The molecule has 1 saturated heterocycles. The maximum absolute atomic E-state index is 12.9. The van der Waals surface area contributed by atoms with Crippen molar-refractivity contribution < 1.29 is 9.90 Å². The minimum Gasteiger partial charge on any atom is -0.507 e. The topological polar surface area (TPSA) is 81.0 Å². The number of nitrogens with one attached hydrogen (secondary N) is 1. The SMILES string of the molecule is CN(C)CCN(C=O)c1ccc(-c2cccc(-c3cc(N4CCNCC4)c(=O)n(C)c3)c2O)cc1Cl. The number of anilines is 2. The summed E-state index contributed by atoms with van der Waals surface area (Å²) in [5.74, 6) is 0.103. The predicted molar refractivity (Wildman–Crippen MR) is 146 cm³/mol. The molecule has 0 atom stereocenters. The van der Waals surface area contributed by atoms with Crippen molar-refractivity contribution >= 4 is 29.4 Å². The second-order valence-corrected chi connectivity index (χ2v) is 9.64. The minimum atomic E-state index is -0.0623. The number of hydrogen-bond acceptors (Lipinski definition) is 6. The molecule has 4 rings (SSSR count). The van der Waals surface area contributed by atoms with E-state index in [1.807, 2.05) is 49.3 Å². The van der Waals surface area contributed by atoms with Crippen LogP contribution >= 0.6 is 11.6 Å². The van der Waals surface area contributed by atoms with E-state index in [0.29, 0.717) is 40.6 Å². The lowest BCUT2D eigenvalue weighted by molar-refractivity contribution is -0.107. The normalized spacial score (nSPS) is 13.8. The number of carbonyl (C=O) groups is 1. The lowest BCUT2D eigenvalue weighted by Gasteiger charge is -2.29. The summed E-state index contributed by atoms with van der Waals surface area (Å²) in [4.78, 5) is 30.2. The van der Waals surface area contributed by atoms with Gasteiger partial charge in [-0.15, -0.1) is 0 Å². The molecule has 0 radical (unpaired) electrons. The zero-order chi connectivity index (χ0) is 25.8. The first-order valence-corrected chi connectivity index (χ1v) is 12.3. The highest BCUT2D eigenvalue weighted by Crippen LogP contribution is 2.40. The number of phenolic OH excluding ortho intramolecular Hbond substituents is 1. The number of pyridine rings is 1. The van der Waals surface area contributed by atoms with E-state index in [2.05, 4.69) is 10.2 Å². The number of aryl methyl sites for hydroxylation is 1. The number of para-hydroxylation sites is 1. The third kappa shape index (κ3) is 5.41. The molecule has 0 spiro atoms. The number of hydrogen-bond donors (Lipinski definition) is 2. The summed E-state index contributed by atoms with van der Waals surface area (Å²) in [6.07, 6.45) is 2.52. The number of piperazine rings is 1. The van der Waals surface area contributed by atoms with Crippen LogP contribution < -0.4 is 20.7 Å². The second kappa shape index (κ2) is 11.2. The Morgan fingerprint density at radius 3 is 2.39 bits per heavy atom. The highest BCUT2D eigenvalue weighted by molar-refractivity contribution is 6.34. The molecule has 2 N–H and O–H groups in total. The monoisotopic (exact) mass is 509 g/mol. The number of nitrogens with zero attached hydrogens (tertiary/aromatic N) is 4. The maximum atomic E-state index is 12.9. The molecule has 2 heterocycles. The van der Waals surface area contributed by atoms with Gasteiger partial charge in [-0.05, 0) is 37.9 Å². The van der Waals surface area contributed by atoms with Crippen LogP contribution in [0.5, 0.6) is 5.75 Å². The number of rotatable bonds is 8. The summed E-state index contributed by atoms with van der Waals surface area (Å²) in [5, 5.41) is 15.0. The summed E-state index contributed by atoms with van der Waals surface area (Å²) in [6, 6.07) is 12.8. The number of likely N-dealkylation sites (N-methyl/N-ethyl adjacent to an activating group) is 1. The van der Waals surface area contributed by atoms with Crippen molar-refractivity contribution in [1.29, 1.82) is 0 Å². The maximum Gasteiger partial charge on any atom is 0.273 e. The second-order valence-electron chi connectivity index (χ2n) is 9.24. The molecule has 3 aromatic rings. The molecule has 0 saturated carbocycles. The Hall–Kier alpha value is -3.33. The van der Waals surface area contributed by atoms with E-state index in [0.717, 1.165) is 43.7 Å². The van der Waals surface area contributed by atoms with Gasteiger partial charge in [0.15, 0.2) is 0 Å². The fourth-order valence-corrected chi connectivity index (χ4v) is 4.72. The zero-order valence-electron chi connectivity index (χ0n) is 20.9. The van der Waals surface area contributed by atoms with Crippen molar-refractivity contribution in [3.05, 3.63) is 64.0 Å². The number of phenols is 1. The first kappa shape index (κ1) is 25.8. The molecule has 1 aliphatic heterocycles. The van der Waals surface area contributed by atoms with Gasteiger partial charge in [0.05, 0.1) is 10.7 Å². The van der Waals surface area contributed by atoms with Gasteiger partial charge in [-0.3, -0.25) is 9.59 Å². The largest absolute Gasteiger partial charge is 0.507 e. The lowest BCUT2D eigenvalue weighted by Crippen LogP contribution is -2.45. The number of aromatic hydroxyl groups is 1. The van der Waals surface area contributed by atoms with Crippen LogP contribution in [0.2, 0.25) is 5.02 Å². The van der Waals surface area contributed by atoms with Gasteiger partial charge in [0.2, 0.25) is 6.41 Å². The molecule has 1 aromatic heterocycles. The minimum absolute atomic E-state index is 0.0623. The Labute approximate surface area is 216 Å². The quantitative estimate of drug-likeness (QED) is 0.454. The van der Waals surface area contributed by atoms with E-state index >= 15 is 0 Å². The summed E-state index contributed by atoms with van der Waals surface area (Å²) >= 11 is 6.58. The van der Waals surface area contributed by atoms with Crippen molar-refractivity contribution in [2.75, 3.05) is 63.2 Å². The molecule has 1 fully saturated rings. The summed E-state index contributed by atoms with van der Waals surface area (Å²) < 4.78 is 1.56. The smallest absolute Gasteiger partial charge is 0.273 e. The van der Waals surface area contributed by atoms with Crippen LogP contribution in [-0.4, -0.2) is 74.3 Å². The molecule has 1 amide bonds. The highest BCUT2D eigenvalue weighted by Gasteiger charge is 2.19. The average Bonchev–Trinajstić information content (AvgIpc) is 2.87. The Kier molecular flexibility index (Phi) is 7.98. The molecule has 8 nitrogen and oxygen atoms in total. The van der Waals surface area contributed by atoms with Crippen LogP contribution in [0, 0.1) is 0 Å². The molecule has 1 aliphatic rings. The van der Waals surface area contributed by atoms with Gasteiger partial charge in [0.25, 0.3) is 5.56 Å². The fraction of sp³-hybridized carbons (Fsp3) is 0.333. The standard InChI is InChI=1S/C27H32ClN5O3/c1-30(2)13-14-33(18-34)24-8-7-19(15-23(24)28)21-5-4-6-22(26(21)35)20-16-25(27(36)31(3)17-20)32-11-9-29-10-12-32/h4-8,15-18,29,35H,9-14H2,1-3H3. The van der Waals surface area contributed by atoms with E-state index < -0.39 is 0 Å². The van der Waals surface area contributed by atoms with Gasteiger partial charge in [0.1, 0.15) is 11.4 Å². The van der Waals surface area contributed by atoms with Crippen molar-refractivity contribution in [3.63, 3.8) is 0 Å². The lowest BCUT2D eigenvalue weighted by atomic mass is 9.97. The number of halogens is 1. The van der Waals surface area contributed by atoms with E-state index in [-0.39, 0.29) is 11.3 Å². The number of benzene rings is 2. The Morgan fingerprint density at radius 1 is 1.06 bits per heavy atom. The molecule has 0 unspecified atom stereocenters. The van der Waals surface area contributed by atoms with E-state index in [1.165, 1.54) is 0 Å². The molecule has 9 heteroatoms. The average molecular weight is 510 g/mol. The Bertz CT molecular complexity index is 1300. The zero-order valence-corrected chi connectivity index (χ0v) is 21.6. The molecule has 0 bridgehead atoms. The van der Waals surface area contributed by atoms with Crippen molar-refractivity contribution in [1.82, 2.24) is 14.8 Å². The van der Waals surface area contributed by atoms with Crippen molar-refractivity contribution in [2.24, 2.45) is 7.05 Å². The Morgan fingerprint density at radius 2 is 1.75 bits per heavy atom. The van der Waals surface area contributed by atoms with Gasteiger partial charge in [-0.1, -0.05) is 35.9 Å². The van der Waals surface area contributed by atoms with Crippen molar-refractivity contribution in [2.45, 2.75) is 0 Å². The van der Waals surface area contributed by atoms with Crippen LogP contribution in [-0.2, 0) is 11.8 Å². The van der Waals surface area contributed by atoms with E-state index in [4.69, 9.17) is 11.6 Å². The number of aromatic nitrogens is 1. The molecule has 0 aliphatic carbocycles. The van der Waals surface area contributed by atoms with Crippen molar-refractivity contribution in [3.8, 4) is 28.0 Å². The van der Waals surface area contributed by atoms with E-state index in [9.17, 15) is 14.7 Å². The molecular formula is C27H32ClN5O3. The van der Waals surface area contributed by atoms with Crippen LogP contribution in [0.4, 0.5) is 11.4 Å².